The van der Waals surface area contributed by atoms with Gasteiger partial charge in [-0.05, 0) is 30.3 Å². The Kier molecular flexibility index (Phi) is 3.47. The standard InChI is InChI=1S/C16H10ClFN4OS/c1-22-7-9-4-10(6-11(18)14(9)21-22)19-15(23)12-5-8-2-3-13(17)20-16(8)24-12/h2-7H,1H3,(H,19,23). The van der Waals surface area contributed by atoms with E-state index in [-0.39, 0.29) is 11.4 Å². The fraction of sp³-hybridized carbons (Fsp3) is 0.0625. The number of carbonyl (C=O) groups is 1. The normalized spacial score (nSPS) is 11.3. The smallest absolute Gasteiger partial charge is 0.265 e. The summed E-state index contributed by atoms with van der Waals surface area (Å²) in [6.45, 7) is 0. The number of fused-ring (bicyclic) bond motifs is 2. The average Bonchev–Trinajstić information content (AvgIpc) is 3.09. The molecule has 0 saturated carbocycles. The fourth-order valence-corrected chi connectivity index (χ4v) is 3.61. The van der Waals surface area contributed by atoms with Crippen molar-refractivity contribution in [1.82, 2.24) is 14.8 Å². The minimum atomic E-state index is -0.479. The van der Waals surface area contributed by atoms with E-state index in [0.29, 0.717) is 25.9 Å². The lowest BCUT2D eigenvalue weighted by Gasteiger charge is -2.04. The first kappa shape index (κ1) is 15.0. The molecule has 8 heteroatoms. The molecule has 0 saturated heterocycles. The van der Waals surface area contributed by atoms with Gasteiger partial charge in [-0.25, -0.2) is 9.37 Å². The first-order valence-corrected chi connectivity index (χ1v) is 8.19. The maximum atomic E-state index is 14.1. The molecular weight excluding hydrogens is 351 g/mol. The van der Waals surface area contributed by atoms with E-state index in [4.69, 9.17) is 11.6 Å². The molecule has 3 aromatic heterocycles. The third-order valence-electron chi connectivity index (χ3n) is 3.51. The SMILES string of the molecule is Cn1cc2cc(NC(=O)c3cc4ccc(Cl)nc4s3)cc(F)c2n1. The summed E-state index contributed by atoms with van der Waals surface area (Å²) in [5.74, 6) is -0.801. The minimum Gasteiger partial charge on any atom is -0.321 e. The van der Waals surface area contributed by atoms with Crippen LogP contribution < -0.4 is 5.32 Å². The fourth-order valence-electron chi connectivity index (χ4n) is 2.48. The van der Waals surface area contributed by atoms with Crippen LogP contribution in [0.2, 0.25) is 5.15 Å². The number of rotatable bonds is 2. The van der Waals surface area contributed by atoms with Crippen LogP contribution in [0.3, 0.4) is 0 Å². The minimum absolute atomic E-state index is 0.274. The van der Waals surface area contributed by atoms with E-state index in [1.165, 1.54) is 22.1 Å². The van der Waals surface area contributed by atoms with Gasteiger partial charge in [-0.15, -0.1) is 11.3 Å². The Hall–Kier alpha value is -2.51. The summed E-state index contributed by atoms with van der Waals surface area (Å²) in [6.07, 6.45) is 1.69. The molecule has 1 aromatic carbocycles. The van der Waals surface area contributed by atoms with Gasteiger partial charge in [0.1, 0.15) is 15.5 Å². The molecule has 4 aromatic rings. The Balaban J connectivity index is 1.67. The number of pyridine rings is 1. The second kappa shape index (κ2) is 5.54. The maximum Gasteiger partial charge on any atom is 0.265 e. The maximum absolute atomic E-state index is 14.1. The van der Waals surface area contributed by atoms with E-state index in [2.05, 4.69) is 15.4 Å². The first-order valence-electron chi connectivity index (χ1n) is 7.00. The predicted octanol–water partition coefficient (Wildman–Crippen LogP) is 4.23. The molecule has 4 rings (SSSR count). The number of hydrogen-bond acceptors (Lipinski definition) is 4. The van der Waals surface area contributed by atoms with Crippen molar-refractivity contribution < 1.29 is 9.18 Å². The molecule has 0 radical (unpaired) electrons. The molecule has 0 spiro atoms. The topological polar surface area (TPSA) is 59.8 Å². The van der Waals surface area contributed by atoms with Gasteiger partial charge in [-0.2, -0.15) is 5.10 Å². The number of nitrogens with one attached hydrogen (secondary N) is 1. The summed E-state index contributed by atoms with van der Waals surface area (Å²) in [7, 11) is 1.72. The summed E-state index contributed by atoms with van der Waals surface area (Å²) >= 11 is 7.09. The molecule has 0 unspecified atom stereocenters. The molecule has 0 aliphatic carbocycles. The lowest BCUT2D eigenvalue weighted by molar-refractivity contribution is 0.103. The highest BCUT2D eigenvalue weighted by molar-refractivity contribution is 7.20. The number of thiophene rings is 1. The lowest BCUT2D eigenvalue weighted by Crippen LogP contribution is -2.10. The van der Waals surface area contributed by atoms with E-state index < -0.39 is 5.82 Å². The lowest BCUT2D eigenvalue weighted by atomic mass is 10.2. The number of halogens is 2. The van der Waals surface area contributed by atoms with Gasteiger partial charge in [-0.3, -0.25) is 9.48 Å². The largest absolute Gasteiger partial charge is 0.321 e. The van der Waals surface area contributed by atoms with E-state index in [9.17, 15) is 9.18 Å². The van der Waals surface area contributed by atoms with Crippen molar-refractivity contribution in [3.63, 3.8) is 0 Å². The third kappa shape index (κ3) is 2.61. The number of anilines is 1. The second-order valence-corrected chi connectivity index (χ2v) is 6.71. The van der Waals surface area contributed by atoms with Crippen LogP contribution in [0.5, 0.6) is 0 Å². The highest BCUT2D eigenvalue weighted by atomic mass is 35.5. The highest BCUT2D eigenvalue weighted by Crippen LogP contribution is 2.27. The number of amides is 1. The Labute approximate surface area is 144 Å². The molecule has 1 amide bonds. The van der Waals surface area contributed by atoms with Crippen LogP contribution in [0, 0.1) is 5.82 Å². The van der Waals surface area contributed by atoms with Gasteiger partial charge in [0.25, 0.3) is 5.91 Å². The van der Waals surface area contributed by atoms with Crippen molar-refractivity contribution in [1.29, 1.82) is 0 Å². The zero-order chi connectivity index (χ0) is 16.8. The van der Waals surface area contributed by atoms with Crippen molar-refractivity contribution in [2.45, 2.75) is 0 Å². The molecule has 24 heavy (non-hydrogen) atoms. The van der Waals surface area contributed by atoms with Crippen molar-refractivity contribution in [2.75, 3.05) is 5.32 Å². The zero-order valence-electron chi connectivity index (χ0n) is 12.4. The van der Waals surface area contributed by atoms with E-state index in [0.717, 1.165) is 5.39 Å². The van der Waals surface area contributed by atoms with Crippen LogP contribution in [-0.2, 0) is 7.05 Å². The van der Waals surface area contributed by atoms with Crippen molar-refractivity contribution in [3.8, 4) is 0 Å². The monoisotopic (exact) mass is 360 g/mol. The van der Waals surface area contributed by atoms with E-state index >= 15 is 0 Å². The summed E-state index contributed by atoms with van der Waals surface area (Å²) < 4.78 is 15.6. The summed E-state index contributed by atoms with van der Waals surface area (Å²) in [5.41, 5.74) is 0.651. The van der Waals surface area contributed by atoms with Crippen LogP contribution in [0.4, 0.5) is 10.1 Å². The van der Waals surface area contributed by atoms with Crippen molar-refractivity contribution >= 4 is 55.7 Å². The molecule has 0 fully saturated rings. The molecule has 0 aliphatic rings. The van der Waals surface area contributed by atoms with Crippen LogP contribution in [-0.4, -0.2) is 20.7 Å². The Morgan fingerprint density at radius 3 is 2.96 bits per heavy atom. The summed E-state index contributed by atoms with van der Waals surface area (Å²) in [4.78, 5) is 17.8. The number of hydrogen-bond donors (Lipinski definition) is 1. The van der Waals surface area contributed by atoms with Crippen LogP contribution in [0.15, 0.2) is 36.5 Å². The van der Waals surface area contributed by atoms with Gasteiger partial charge in [0, 0.05) is 29.7 Å². The van der Waals surface area contributed by atoms with Crippen molar-refractivity contribution in [2.24, 2.45) is 7.05 Å². The van der Waals surface area contributed by atoms with E-state index in [1.807, 2.05) is 0 Å². The van der Waals surface area contributed by atoms with Crippen molar-refractivity contribution in [3.05, 3.63) is 52.4 Å². The Morgan fingerprint density at radius 1 is 1.29 bits per heavy atom. The number of aromatic nitrogens is 3. The quantitative estimate of drug-likeness (QED) is 0.544. The summed E-state index contributed by atoms with van der Waals surface area (Å²) in [6, 6.07) is 8.16. The molecule has 120 valence electrons. The number of nitrogens with zero attached hydrogens (tertiary/aromatic N) is 3. The van der Waals surface area contributed by atoms with Gasteiger partial charge in [-0.1, -0.05) is 11.6 Å². The summed E-state index contributed by atoms with van der Waals surface area (Å²) in [5, 5.41) is 8.58. The predicted molar refractivity (Wildman–Crippen MR) is 93.3 cm³/mol. The molecule has 0 aliphatic heterocycles. The van der Waals surface area contributed by atoms with Gasteiger partial charge < -0.3 is 5.32 Å². The number of aryl methyl sites for hydroxylation is 1. The molecular formula is C16H10ClFN4OS. The first-order chi connectivity index (χ1) is 11.5. The van der Waals surface area contributed by atoms with Crippen LogP contribution >= 0.6 is 22.9 Å². The number of carbonyl (C=O) groups excluding carboxylic acids is 1. The number of benzene rings is 1. The van der Waals surface area contributed by atoms with Crippen LogP contribution in [0.1, 0.15) is 9.67 Å². The molecule has 0 bridgehead atoms. The molecule has 5 nitrogen and oxygen atoms in total. The Bertz CT molecular complexity index is 1100. The van der Waals surface area contributed by atoms with Gasteiger partial charge >= 0.3 is 0 Å². The van der Waals surface area contributed by atoms with Crippen LogP contribution in [0.25, 0.3) is 21.1 Å². The van der Waals surface area contributed by atoms with Gasteiger partial charge in [0.05, 0.1) is 4.88 Å². The molecule has 1 N–H and O–H groups in total. The van der Waals surface area contributed by atoms with E-state index in [1.54, 1.807) is 37.5 Å². The second-order valence-electron chi connectivity index (χ2n) is 5.29. The highest BCUT2D eigenvalue weighted by Gasteiger charge is 2.14. The molecule has 0 atom stereocenters. The van der Waals surface area contributed by atoms with Gasteiger partial charge in [0.15, 0.2) is 5.82 Å². The van der Waals surface area contributed by atoms with Gasteiger partial charge in [0.2, 0.25) is 0 Å². The molecule has 3 heterocycles. The average molecular weight is 361 g/mol. The zero-order valence-corrected chi connectivity index (χ0v) is 14.0. The Morgan fingerprint density at radius 2 is 2.12 bits per heavy atom. The third-order valence-corrected chi connectivity index (χ3v) is 4.76.